The van der Waals surface area contributed by atoms with Gasteiger partial charge in [0, 0.05) is 12.0 Å². The van der Waals surface area contributed by atoms with Crippen molar-refractivity contribution in [2.75, 3.05) is 0 Å². The predicted octanol–water partition coefficient (Wildman–Crippen LogP) is 3.25. The van der Waals surface area contributed by atoms with Gasteiger partial charge in [-0.25, -0.2) is 4.98 Å². The first-order valence-electron chi connectivity index (χ1n) is 6.56. The highest BCUT2D eigenvalue weighted by Crippen LogP contribution is 2.29. The van der Waals surface area contributed by atoms with Crippen molar-refractivity contribution in [2.45, 2.75) is 32.9 Å². The fourth-order valence-electron chi connectivity index (χ4n) is 2.11. The monoisotopic (exact) mass is 296 g/mol. The first-order valence-corrected chi connectivity index (χ1v) is 6.56. The van der Waals surface area contributed by atoms with Crippen molar-refractivity contribution in [2.24, 2.45) is 0 Å². The van der Waals surface area contributed by atoms with Gasteiger partial charge in [0.1, 0.15) is 5.82 Å². The number of benzene rings is 1. The number of hydrogen-bond acceptors (Lipinski definition) is 2. The maximum atomic E-state index is 12.7. The fraction of sp³-hybridized carbons (Fsp3) is 0.333. The molecular formula is C15H15F3N2O. The summed E-state index contributed by atoms with van der Waals surface area (Å²) in [6.07, 6.45) is -3.61. The van der Waals surface area contributed by atoms with E-state index in [1.54, 1.807) is 13.0 Å². The second kappa shape index (κ2) is 5.71. The summed E-state index contributed by atoms with van der Waals surface area (Å²) in [6, 6.07) is 5.03. The molecule has 112 valence electrons. The van der Waals surface area contributed by atoms with Gasteiger partial charge >= 0.3 is 6.18 Å². The van der Waals surface area contributed by atoms with Crippen molar-refractivity contribution in [3.8, 4) is 0 Å². The fourth-order valence-corrected chi connectivity index (χ4v) is 2.11. The van der Waals surface area contributed by atoms with Crippen LogP contribution in [0.5, 0.6) is 0 Å². The average molecular weight is 296 g/mol. The van der Waals surface area contributed by atoms with Crippen LogP contribution in [-0.2, 0) is 19.0 Å². The van der Waals surface area contributed by atoms with Crippen LogP contribution >= 0.6 is 0 Å². The van der Waals surface area contributed by atoms with Crippen molar-refractivity contribution in [3.63, 3.8) is 0 Å². The molecule has 2 aromatic rings. The normalized spacial score (nSPS) is 11.7. The van der Waals surface area contributed by atoms with E-state index in [4.69, 9.17) is 0 Å². The lowest BCUT2D eigenvalue weighted by atomic mass is 10.1. The number of rotatable bonds is 3. The van der Waals surface area contributed by atoms with Gasteiger partial charge in [0.2, 0.25) is 0 Å². The number of aryl methyl sites for hydroxylation is 1. The van der Waals surface area contributed by atoms with E-state index in [1.807, 2.05) is 6.92 Å². The Morgan fingerprint density at radius 3 is 2.62 bits per heavy atom. The summed E-state index contributed by atoms with van der Waals surface area (Å²) in [5.74, 6) is 0.377. The molecule has 0 aliphatic rings. The van der Waals surface area contributed by atoms with Crippen molar-refractivity contribution in [3.05, 3.63) is 62.8 Å². The van der Waals surface area contributed by atoms with Crippen LogP contribution in [0.25, 0.3) is 0 Å². The van der Waals surface area contributed by atoms with Crippen LogP contribution in [0.2, 0.25) is 0 Å². The Kier molecular flexibility index (Phi) is 4.16. The first-order chi connectivity index (χ1) is 9.81. The molecule has 6 heteroatoms. The Morgan fingerprint density at radius 2 is 2.00 bits per heavy atom. The molecule has 0 spiro atoms. The van der Waals surface area contributed by atoms with E-state index in [-0.39, 0.29) is 12.0 Å². The second-order valence-corrected chi connectivity index (χ2v) is 4.81. The van der Waals surface area contributed by atoms with Gasteiger partial charge in [0.25, 0.3) is 5.56 Å². The number of nitrogens with zero attached hydrogens (tertiary/aromatic N) is 1. The van der Waals surface area contributed by atoms with Crippen molar-refractivity contribution in [1.29, 1.82) is 0 Å². The minimum Gasteiger partial charge on any atom is -0.310 e. The number of H-pyrrole nitrogens is 1. The maximum absolute atomic E-state index is 12.7. The zero-order chi connectivity index (χ0) is 15.6. The minimum atomic E-state index is -4.38. The van der Waals surface area contributed by atoms with Gasteiger partial charge < -0.3 is 4.98 Å². The molecule has 21 heavy (non-hydrogen) atoms. The molecule has 1 N–H and O–H groups in total. The lowest BCUT2D eigenvalue weighted by Gasteiger charge is -2.09. The molecule has 2 rings (SSSR count). The second-order valence-electron chi connectivity index (χ2n) is 4.81. The van der Waals surface area contributed by atoms with Crippen LogP contribution in [0.4, 0.5) is 13.2 Å². The Hall–Kier alpha value is -2.11. The molecule has 0 aliphatic carbocycles. The summed E-state index contributed by atoms with van der Waals surface area (Å²) < 4.78 is 38.0. The van der Waals surface area contributed by atoms with Crippen LogP contribution in [0.3, 0.4) is 0 Å². The molecular weight excluding hydrogens is 281 g/mol. The Balaban J connectivity index is 2.35. The maximum Gasteiger partial charge on any atom is 0.416 e. The van der Waals surface area contributed by atoms with Gasteiger partial charge in [0.05, 0.1) is 11.3 Å². The van der Waals surface area contributed by atoms with Crippen LogP contribution < -0.4 is 5.56 Å². The summed E-state index contributed by atoms with van der Waals surface area (Å²) >= 11 is 0. The van der Waals surface area contributed by atoms with Gasteiger partial charge in [0.15, 0.2) is 0 Å². The molecule has 0 unspecified atom stereocenters. The lowest BCUT2D eigenvalue weighted by Crippen LogP contribution is -2.18. The summed E-state index contributed by atoms with van der Waals surface area (Å²) in [4.78, 5) is 18.7. The zero-order valence-corrected chi connectivity index (χ0v) is 11.7. The third kappa shape index (κ3) is 3.51. The molecule has 0 fully saturated rings. The standard InChI is InChI=1S/C15H15F3N2O/c1-3-12-9(2)14(21)20-13(19-12)8-10-5-4-6-11(7-10)15(16,17)18/h4-7H,3,8H2,1-2H3,(H,19,20,21). The predicted molar refractivity (Wildman–Crippen MR) is 73.2 cm³/mol. The molecule has 0 atom stereocenters. The van der Waals surface area contributed by atoms with E-state index >= 15 is 0 Å². The molecule has 1 aromatic heterocycles. The Morgan fingerprint density at radius 1 is 1.29 bits per heavy atom. The van der Waals surface area contributed by atoms with E-state index in [1.165, 1.54) is 6.07 Å². The van der Waals surface area contributed by atoms with Crippen molar-refractivity contribution in [1.82, 2.24) is 9.97 Å². The van der Waals surface area contributed by atoms with Crippen molar-refractivity contribution < 1.29 is 13.2 Å². The van der Waals surface area contributed by atoms with Crippen LogP contribution in [0.1, 0.15) is 35.1 Å². The third-order valence-corrected chi connectivity index (χ3v) is 3.26. The number of alkyl halides is 3. The molecule has 0 radical (unpaired) electrons. The van der Waals surface area contributed by atoms with Crippen molar-refractivity contribution >= 4 is 0 Å². The van der Waals surface area contributed by atoms with E-state index in [2.05, 4.69) is 9.97 Å². The molecule has 0 amide bonds. The van der Waals surface area contributed by atoms with Crippen LogP contribution in [-0.4, -0.2) is 9.97 Å². The molecule has 0 saturated heterocycles. The van der Waals surface area contributed by atoms with Gasteiger partial charge in [-0.1, -0.05) is 25.1 Å². The molecule has 1 aromatic carbocycles. The highest BCUT2D eigenvalue weighted by Gasteiger charge is 2.30. The highest BCUT2D eigenvalue weighted by atomic mass is 19.4. The lowest BCUT2D eigenvalue weighted by molar-refractivity contribution is -0.137. The van der Waals surface area contributed by atoms with E-state index in [0.717, 1.165) is 12.1 Å². The van der Waals surface area contributed by atoms with Gasteiger partial charge in [-0.3, -0.25) is 4.79 Å². The minimum absolute atomic E-state index is 0.159. The molecule has 3 nitrogen and oxygen atoms in total. The first kappa shape index (κ1) is 15.3. The van der Waals surface area contributed by atoms with Crippen LogP contribution in [0.15, 0.2) is 29.1 Å². The van der Waals surface area contributed by atoms with Gasteiger partial charge in [-0.15, -0.1) is 0 Å². The van der Waals surface area contributed by atoms with Crippen LogP contribution in [0, 0.1) is 6.92 Å². The third-order valence-electron chi connectivity index (χ3n) is 3.26. The summed E-state index contributed by atoms with van der Waals surface area (Å²) in [5, 5.41) is 0. The summed E-state index contributed by atoms with van der Waals surface area (Å²) in [6.45, 7) is 3.56. The molecule has 0 bridgehead atoms. The number of aromatic amines is 1. The SMILES string of the molecule is CCc1nc(Cc2cccc(C(F)(F)F)c2)[nH]c(=O)c1C. The number of halogens is 3. The average Bonchev–Trinajstić information content (AvgIpc) is 2.42. The smallest absolute Gasteiger partial charge is 0.310 e. The van der Waals surface area contributed by atoms with E-state index < -0.39 is 11.7 Å². The topological polar surface area (TPSA) is 45.8 Å². The quantitative estimate of drug-likeness (QED) is 0.945. The summed E-state index contributed by atoms with van der Waals surface area (Å²) in [7, 11) is 0. The largest absolute Gasteiger partial charge is 0.416 e. The zero-order valence-electron chi connectivity index (χ0n) is 11.7. The molecule has 0 aliphatic heterocycles. The Bertz CT molecular complexity index is 705. The number of nitrogens with one attached hydrogen (secondary N) is 1. The number of aromatic nitrogens is 2. The van der Waals surface area contributed by atoms with Gasteiger partial charge in [-0.2, -0.15) is 13.2 Å². The van der Waals surface area contributed by atoms with Gasteiger partial charge in [-0.05, 0) is 25.0 Å². The number of hydrogen-bond donors (Lipinski definition) is 1. The van der Waals surface area contributed by atoms with E-state index in [9.17, 15) is 18.0 Å². The highest BCUT2D eigenvalue weighted by molar-refractivity contribution is 5.28. The molecule has 1 heterocycles. The summed E-state index contributed by atoms with van der Waals surface area (Å²) in [5.41, 5.74) is 0.721. The molecule has 0 saturated carbocycles. The Labute approximate surface area is 119 Å². The van der Waals surface area contributed by atoms with E-state index in [0.29, 0.717) is 29.1 Å².